The second-order valence-electron chi connectivity index (χ2n) is 4.56. The first kappa shape index (κ1) is 12.3. The number of fused-ring (bicyclic) bond motifs is 1. The van der Waals surface area contributed by atoms with Crippen LogP contribution < -0.4 is 10.6 Å². The van der Waals surface area contributed by atoms with Crippen molar-refractivity contribution in [3.8, 4) is 0 Å². The van der Waals surface area contributed by atoms with E-state index in [4.69, 9.17) is 0 Å². The second-order valence-corrected chi connectivity index (χ2v) is 4.56. The van der Waals surface area contributed by atoms with Crippen molar-refractivity contribution in [2.45, 2.75) is 6.42 Å². The molecule has 0 aliphatic carbocycles. The fraction of sp³-hybridized carbons (Fsp3) is 0.0667. The maximum atomic E-state index is 12.8. The van der Waals surface area contributed by atoms with Gasteiger partial charge in [-0.1, -0.05) is 6.07 Å². The zero-order valence-electron chi connectivity index (χ0n) is 10.4. The van der Waals surface area contributed by atoms with Crippen LogP contribution in [-0.4, -0.2) is 11.8 Å². The minimum Gasteiger partial charge on any atom is -0.326 e. The van der Waals surface area contributed by atoms with Crippen LogP contribution in [0.4, 0.5) is 15.8 Å². The van der Waals surface area contributed by atoms with Crippen molar-refractivity contribution in [3.63, 3.8) is 0 Å². The first-order valence-corrected chi connectivity index (χ1v) is 6.11. The Hall–Kier alpha value is -2.69. The van der Waals surface area contributed by atoms with Gasteiger partial charge in [0, 0.05) is 16.9 Å². The molecule has 1 heterocycles. The van der Waals surface area contributed by atoms with Gasteiger partial charge in [-0.3, -0.25) is 9.59 Å². The molecule has 2 N–H and O–H groups in total. The van der Waals surface area contributed by atoms with Gasteiger partial charge in [0.2, 0.25) is 5.91 Å². The van der Waals surface area contributed by atoms with Crippen LogP contribution in [0.15, 0.2) is 42.5 Å². The first-order valence-electron chi connectivity index (χ1n) is 6.11. The number of benzene rings is 2. The van der Waals surface area contributed by atoms with Crippen molar-refractivity contribution >= 4 is 23.2 Å². The zero-order chi connectivity index (χ0) is 14.1. The lowest BCUT2D eigenvalue weighted by molar-refractivity contribution is -0.115. The van der Waals surface area contributed by atoms with Crippen LogP contribution in [0.5, 0.6) is 0 Å². The van der Waals surface area contributed by atoms with E-state index in [1.165, 1.54) is 24.3 Å². The van der Waals surface area contributed by atoms with E-state index in [1.807, 2.05) is 0 Å². The second kappa shape index (κ2) is 4.77. The average molecular weight is 270 g/mol. The summed E-state index contributed by atoms with van der Waals surface area (Å²) in [5.41, 5.74) is 2.51. The van der Waals surface area contributed by atoms with Crippen LogP contribution in [-0.2, 0) is 11.2 Å². The molecule has 0 radical (unpaired) electrons. The van der Waals surface area contributed by atoms with E-state index in [0.29, 0.717) is 23.4 Å². The Balaban J connectivity index is 1.79. The summed E-state index contributed by atoms with van der Waals surface area (Å²) in [5.74, 6) is -0.736. The van der Waals surface area contributed by atoms with E-state index < -0.39 is 0 Å². The number of nitrogens with one attached hydrogen (secondary N) is 2. The van der Waals surface area contributed by atoms with Gasteiger partial charge in [-0.15, -0.1) is 0 Å². The molecule has 0 saturated carbocycles. The van der Waals surface area contributed by atoms with E-state index in [1.54, 1.807) is 18.2 Å². The van der Waals surface area contributed by atoms with Gasteiger partial charge in [0.15, 0.2) is 0 Å². The summed E-state index contributed by atoms with van der Waals surface area (Å²) >= 11 is 0. The van der Waals surface area contributed by atoms with Gasteiger partial charge in [0.1, 0.15) is 5.82 Å². The molecule has 0 bridgehead atoms. The molecule has 5 heteroatoms. The minimum absolute atomic E-state index is 0.0731. The summed E-state index contributed by atoms with van der Waals surface area (Å²) in [7, 11) is 0. The molecule has 0 atom stereocenters. The molecular formula is C15H11FN2O2. The van der Waals surface area contributed by atoms with Crippen molar-refractivity contribution in [1.82, 2.24) is 0 Å². The molecule has 2 amide bonds. The fourth-order valence-corrected chi connectivity index (χ4v) is 2.09. The number of hydrogen-bond acceptors (Lipinski definition) is 2. The molecule has 4 nitrogen and oxygen atoms in total. The number of anilines is 2. The van der Waals surface area contributed by atoms with Crippen LogP contribution in [0.25, 0.3) is 0 Å². The first-order chi connectivity index (χ1) is 9.61. The lowest BCUT2D eigenvalue weighted by Gasteiger charge is -2.06. The van der Waals surface area contributed by atoms with E-state index in [9.17, 15) is 14.0 Å². The van der Waals surface area contributed by atoms with Crippen molar-refractivity contribution in [1.29, 1.82) is 0 Å². The van der Waals surface area contributed by atoms with Gasteiger partial charge < -0.3 is 10.6 Å². The predicted molar refractivity (Wildman–Crippen MR) is 73.1 cm³/mol. The van der Waals surface area contributed by atoms with Crippen LogP contribution >= 0.6 is 0 Å². The van der Waals surface area contributed by atoms with Crippen molar-refractivity contribution < 1.29 is 14.0 Å². The largest absolute Gasteiger partial charge is 0.326 e. The van der Waals surface area contributed by atoms with Gasteiger partial charge in [0.05, 0.1) is 6.42 Å². The minimum atomic E-state index is -0.358. The summed E-state index contributed by atoms with van der Waals surface area (Å²) < 4.78 is 12.8. The Morgan fingerprint density at radius 1 is 1.15 bits per heavy atom. The molecule has 100 valence electrons. The predicted octanol–water partition coefficient (Wildman–Crippen LogP) is 2.57. The Kier molecular flexibility index (Phi) is 2.95. The summed E-state index contributed by atoms with van der Waals surface area (Å²) in [4.78, 5) is 23.3. The monoisotopic (exact) mass is 270 g/mol. The van der Waals surface area contributed by atoms with Crippen molar-refractivity contribution in [3.05, 3.63) is 59.4 Å². The van der Waals surface area contributed by atoms with E-state index in [0.717, 1.165) is 5.56 Å². The van der Waals surface area contributed by atoms with Crippen molar-refractivity contribution in [2.24, 2.45) is 0 Å². The third-order valence-corrected chi connectivity index (χ3v) is 3.10. The molecule has 0 saturated heterocycles. The Bertz CT molecular complexity index is 696. The normalized spacial score (nSPS) is 12.8. The number of amides is 2. The third kappa shape index (κ3) is 2.38. The van der Waals surface area contributed by atoms with Crippen molar-refractivity contribution in [2.75, 3.05) is 10.6 Å². The maximum absolute atomic E-state index is 12.8. The lowest BCUT2D eigenvalue weighted by Crippen LogP contribution is -2.12. The van der Waals surface area contributed by atoms with E-state index in [-0.39, 0.29) is 17.6 Å². The lowest BCUT2D eigenvalue weighted by atomic mass is 10.1. The highest BCUT2D eigenvalue weighted by molar-refractivity contribution is 6.07. The molecule has 0 fully saturated rings. The molecule has 0 unspecified atom stereocenters. The quantitative estimate of drug-likeness (QED) is 0.881. The highest BCUT2D eigenvalue weighted by Crippen LogP contribution is 2.24. The molecule has 3 rings (SSSR count). The standard InChI is InChI=1S/C15H11FN2O2/c16-11-3-5-12(6-4-11)17-15(20)10-2-1-9-8-14(19)18-13(9)7-10/h1-7H,8H2,(H,17,20)(H,18,19). The molecule has 20 heavy (non-hydrogen) atoms. The van der Waals surface area contributed by atoms with Gasteiger partial charge in [0.25, 0.3) is 5.91 Å². The van der Waals surface area contributed by atoms with Crippen LogP contribution in [0.3, 0.4) is 0 Å². The summed E-state index contributed by atoms with van der Waals surface area (Å²) in [6, 6.07) is 10.6. The number of carbonyl (C=O) groups excluding carboxylic acids is 2. The number of carbonyl (C=O) groups is 2. The summed E-state index contributed by atoms with van der Waals surface area (Å²) in [6.07, 6.45) is 0.342. The summed E-state index contributed by atoms with van der Waals surface area (Å²) in [5, 5.41) is 5.36. The highest BCUT2D eigenvalue weighted by atomic mass is 19.1. The molecular weight excluding hydrogens is 259 g/mol. The molecule has 0 aromatic heterocycles. The Labute approximate surface area is 114 Å². The molecule has 2 aromatic rings. The molecule has 1 aliphatic rings. The molecule has 0 spiro atoms. The van der Waals surface area contributed by atoms with Crippen LogP contribution in [0.2, 0.25) is 0 Å². The van der Waals surface area contributed by atoms with Crippen LogP contribution in [0.1, 0.15) is 15.9 Å². The topological polar surface area (TPSA) is 58.2 Å². The van der Waals surface area contributed by atoms with Gasteiger partial charge >= 0.3 is 0 Å². The number of rotatable bonds is 2. The van der Waals surface area contributed by atoms with Crippen LogP contribution in [0, 0.1) is 5.82 Å². The average Bonchev–Trinajstić information content (AvgIpc) is 2.80. The number of hydrogen-bond donors (Lipinski definition) is 2. The SMILES string of the molecule is O=C1Cc2ccc(C(=O)Nc3ccc(F)cc3)cc2N1. The molecule has 2 aromatic carbocycles. The smallest absolute Gasteiger partial charge is 0.255 e. The van der Waals surface area contributed by atoms with E-state index in [2.05, 4.69) is 10.6 Å². The summed E-state index contributed by atoms with van der Waals surface area (Å²) in [6.45, 7) is 0. The highest BCUT2D eigenvalue weighted by Gasteiger charge is 2.19. The van der Waals surface area contributed by atoms with Gasteiger partial charge in [-0.2, -0.15) is 0 Å². The van der Waals surface area contributed by atoms with Gasteiger partial charge in [-0.05, 0) is 42.0 Å². The fourth-order valence-electron chi connectivity index (χ4n) is 2.09. The van der Waals surface area contributed by atoms with E-state index >= 15 is 0 Å². The van der Waals surface area contributed by atoms with Gasteiger partial charge in [-0.25, -0.2) is 4.39 Å². The Morgan fingerprint density at radius 2 is 1.90 bits per heavy atom. The Morgan fingerprint density at radius 3 is 2.65 bits per heavy atom. The molecule has 1 aliphatic heterocycles. The maximum Gasteiger partial charge on any atom is 0.255 e. The zero-order valence-corrected chi connectivity index (χ0v) is 10.4. The third-order valence-electron chi connectivity index (χ3n) is 3.10. The number of halogens is 1.